The van der Waals surface area contributed by atoms with Crippen molar-refractivity contribution in [2.45, 2.75) is 26.4 Å². The fourth-order valence-corrected chi connectivity index (χ4v) is 4.25. The van der Waals surface area contributed by atoms with E-state index >= 15 is 0 Å². The maximum atomic E-state index is 13.3. The molecule has 0 aliphatic heterocycles. The van der Waals surface area contributed by atoms with Crippen LogP contribution in [0.15, 0.2) is 69.0 Å². The molecular weight excluding hydrogens is 571 g/mol. The quantitative estimate of drug-likeness (QED) is 0.128. The minimum absolute atomic E-state index is 0.0234. The number of nitro benzene ring substituents is 1. The van der Waals surface area contributed by atoms with Crippen molar-refractivity contribution in [3.8, 4) is 5.75 Å². The second-order valence-electron chi connectivity index (χ2n) is 7.82. The highest BCUT2D eigenvalue weighted by Crippen LogP contribution is 2.34. The molecule has 11 heteroatoms. The van der Waals surface area contributed by atoms with Gasteiger partial charge < -0.3 is 4.74 Å². The number of benzene rings is 3. The van der Waals surface area contributed by atoms with Gasteiger partial charge in [-0.3, -0.25) is 14.9 Å². The maximum absolute atomic E-state index is 13.3. The van der Waals surface area contributed by atoms with Gasteiger partial charge in [-0.1, -0.05) is 58.2 Å². The summed E-state index contributed by atoms with van der Waals surface area (Å²) in [6.45, 7) is 2.02. The largest absolute Gasteiger partial charge is 0.481 e. The van der Waals surface area contributed by atoms with Gasteiger partial charge in [0.2, 0.25) is 5.75 Å². The number of nitrogens with zero attached hydrogens (tertiary/aromatic N) is 4. The van der Waals surface area contributed by atoms with Gasteiger partial charge in [-0.05, 0) is 48.4 Å². The average Bonchev–Trinajstić information content (AvgIpc) is 2.84. The minimum atomic E-state index is -0.579. The van der Waals surface area contributed by atoms with Gasteiger partial charge in [0.25, 0.3) is 5.56 Å². The van der Waals surface area contributed by atoms with Gasteiger partial charge in [-0.25, -0.2) is 4.98 Å². The van der Waals surface area contributed by atoms with Crippen LogP contribution >= 0.6 is 39.1 Å². The predicted octanol–water partition coefficient (Wildman–Crippen LogP) is 6.79. The first-order valence-corrected chi connectivity index (χ1v) is 12.4. The van der Waals surface area contributed by atoms with Gasteiger partial charge in [-0.15, -0.1) is 0 Å². The van der Waals surface area contributed by atoms with Crippen molar-refractivity contribution in [3.05, 3.63) is 107 Å². The SMILES string of the molecule is CCCc1nc2ccc(Br)cc2c(=O)n1N=Cc1cc(Cl)cc([N+](=O)[O-])c1OCc1ccc(Cl)cc1. The lowest BCUT2D eigenvalue weighted by Gasteiger charge is -2.11. The van der Waals surface area contributed by atoms with Crippen LogP contribution in [-0.2, 0) is 13.0 Å². The summed E-state index contributed by atoms with van der Waals surface area (Å²) in [7, 11) is 0. The average molecular weight is 590 g/mol. The van der Waals surface area contributed by atoms with Crippen LogP contribution in [0.3, 0.4) is 0 Å². The molecule has 0 unspecified atom stereocenters. The molecule has 0 amide bonds. The Morgan fingerprint density at radius 3 is 2.58 bits per heavy atom. The highest BCUT2D eigenvalue weighted by Gasteiger charge is 2.21. The smallest absolute Gasteiger partial charge is 0.313 e. The number of hydrogen-bond acceptors (Lipinski definition) is 6. The Morgan fingerprint density at radius 2 is 1.89 bits per heavy atom. The van der Waals surface area contributed by atoms with Crippen molar-refractivity contribution in [2.24, 2.45) is 5.10 Å². The lowest BCUT2D eigenvalue weighted by atomic mass is 10.2. The van der Waals surface area contributed by atoms with Crippen molar-refractivity contribution in [1.82, 2.24) is 9.66 Å². The maximum Gasteiger partial charge on any atom is 0.313 e. The highest BCUT2D eigenvalue weighted by atomic mass is 79.9. The monoisotopic (exact) mass is 588 g/mol. The molecule has 0 spiro atoms. The molecule has 4 rings (SSSR count). The summed E-state index contributed by atoms with van der Waals surface area (Å²) >= 11 is 15.5. The predicted molar refractivity (Wildman–Crippen MR) is 145 cm³/mol. The third kappa shape index (κ3) is 5.75. The minimum Gasteiger partial charge on any atom is -0.481 e. The van der Waals surface area contributed by atoms with Crippen LogP contribution in [0.2, 0.25) is 10.0 Å². The van der Waals surface area contributed by atoms with Gasteiger partial charge >= 0.3 is 5.69 Å². The van der Waals surface area contributed by atoms with E-state index in [1.54, 1.807) is 36.4 Å². The van der Waals surface area contributed by atoms with Crippen molar-refractivity contribution < 1.29 is 9.66 Å². The summed E-state index contributed by atoms with van der Waals surface area (Å²) < 4.78 is 7.78. The summed E-state index contributed by atoms with van der Waals surface area (Å²) in [6.07, 6.45) is 2.57. The molecule has 184 valence electrons. The van der Waals surface area contributed by atoms with Crippen LogP contribution in [0, 0.1) is 10.1 Å². The number of ether oxygens (including phenoxy) is 1. The summed E-state index contributed by atoms with van der Waals surface area (Å²) in [6, 6.07) is 14.9. The summed E-state index contributed by atoms with van der Waals surface area (Å²) in [4.78, 5) is 29.1. The van der Waals surface area contributed by atoms with Crippen molar-refractivity contribution in [2.75, 3.05) is 0 Å². The van der Waals surface area contributed by atoms with Crippen molar-refractivity contribution >= 4 is 61.9 Å². The first kappa shape index (κ1) is 25.8. The van der Waals surface area contributed by atoms with Crippen LogP contribution in [0.1, 0.15) is 30.3 Å². The molecule has 0 radical (unpaired) electrons. The standard InChI is InChI=1S/C25H19BrCl2N4O4/c1-2-3-23-30-21-9-6-17(26)11-20(21)25(33)31(23)29-13-16-10-19(28)12-22(32(34)35)24(16)36-14-15-4-7-18(27)8-5-15/h4-13H,2-3,14H2,1H3. The molecule has 0 atom stereocenters. The Hall–Kier alpha value is -3.27. The number of aryl methyl sites for hydroxylation is 1. The van der Waals surface area contributed by atoms with Crippen LogP contribution < -0.4 is 10.3 Å². The number of nitro groups is 1. The molecule has 0 saturated carbocycles. The van der Waals surface area contributed by atoms with E-state index in [2.05, 4.69) is 26.0 Å². The van der Waals surface area contributed by atoms with E-state index in [1.165, 1.54) is 23.0 Å². The van der Waals surface area contributed by atoms with Gasteiger partial charge in [0.1, 0.15) is 12.4 Å². The molecule has 3 aromatic carbocycles. The third-order valence-electron chi connectivity index (χ3n) is 5.22. The molecule has 0 bridgehead atoms. The number of aromatic nitrogens is 2. The molecule has 8 nitrogen and oxygen atoms in total. The number of halogens is 3. The Balaban J connectivity index is 1.80. The zero-order chi connectivity index (χ0) is 25.8. The molecular formula is C25H19BrCl2N4O4. The van der Waals surface area contributed by atoms with Crippen molar-refractivity contribution in [1.29, 1.82) is 0 Å². The van der Waals surface area contributed by atoms with E-state index in [0.29, 0.717) is 28.2 Å². The first-order chi connectivity index (χ1) is 17.3. The number of fused-ring (bicyclic) bond motifs is 1. The fourth-order valence-electron chi connectivity index (χ4n) is 3.54. The molecule has 0 N–H and O–H groups in total. The molecule has 36 heavy (non-hydrogen) atoms. The van der Waals surface area contributed by atoms with E-state index < -0.39 is 4.92 Å². The highest BCUT2D eigenvalue weighted by molar-refractivity contribution is 9.10. The first-order valence-electron chi connectivity index (χ1n) is 10.9. The molecule has 1 heterocycles. The zero-order valence-electron chi connectivity index (χ0n) is 19.0. The van der Waals surface area contributed by atoms with Crippen LogP contribution in [-0.4, -0.2) is 20.8 Å². The Labute approximate surface area is 224 Å². The van der Waals surface area contributed by atoms with E-state index in [9.17, 15) is 14.9 Å². The molecule has 4 aromatic rings. The lowest BCUT2D eigenvalue weighted by molar-refractivity contribution is -0.385. The van der Waals surface area contributed by atoms with E-state index in [-0.39, 0.29) is 34.2 Å². The van der Waals surface area contributed by atoms with Gasteiger partial charge in [-0.2, -0.15) is 9.78 Å². The zero-order valence-corrected chi connectivity index (χ0v) is 22.0. The number of rotatable bonds is 8. The molecule has 0 saturated heterocycles. The Kier molecular flexibility index (Phi) is 8.03. The third-order valence-corrected chi connectivity index (χ3v) is 6.18. The Morgan fingerprint density at radius 1 is 1.14 bits per heavy atom. The van der Waals surface area contributed by atoms with Crippen LogP contribution in [0.4, 0.5) is 5.69 Å². The summed E-state index contributed by atoms with van der Waals surface area (Å²) in [5.74, 6) is 0.443. The van der Waals surface area contributed by atoms with Gasteiger partial charge in [0, 0.05) is 32.6 Å². The molecule has 0 aliphatic rings. The normalized spacial score (nSPS) is 11.3. The lowest BCUT2D eigenvalue weighted by Crippen LogP contribution is -2.22. The van der Waals surface area contributed by atoms with E-state index in [1.807, 2.05) is 13.0 Å². The Bertz CT molecular complexity index is 1540. The molecule has 0 fully saturated rings. The topological polar surface area (TPSA) is 99.6 Å². The second-order valence-corrected chi connectivity index (χ2v) is 9.61. The molecule has 1 aromatic heterocycles. The van der Waals surface area contributed by atoms with E-state index in [4.69, 9.17) is 27.9 Å². The van der Waals surface area contributed by atoms with Gasteiger partial charge in [0.15, 0.2) is 0 Å². The summed E-state index contributed by atoms with van der Waals surface area (Å²) in [5, 5.41) is 17.2. The van der Waals surface area contributed by atoms with Crippen LogP contribution in [0.25, 0.3) is 10.9 Å². The van der Waals surface area contributed by atoms with Crippen molar-refractivity contribution in [3.63, 3.8) is 0 Å². The second kappa shape index (κ2) is 11.2. The van der Waals surface area contributed by atoms with Gasteiger partial charge in [0.05, 0.1) is 22.0 Å². The molecule has 0 aliphatic carbocycles. The van der Waals surface area contributed by atoms with Crippen LogP contribution in [0.5, 0.6) is 5.75 Å². The number of hydrogen-bond donors (Lipinski definition) is 0. The summed E-state index contributed by atoms with van der Waals surface area (Å²) in [5.41, 5.74) is 0.883. The fraction of sp³-hybridized carbons (Fsp3) is 0.160. The van der Waals surface area contributed by atoms with E-state index in [0.717, 1.165) is 16.5 Å².